The van der Waals surface area contributed by atoms with Crippen LogP contribution >= 0.6 is 11.6 Å². The molecule has 0 fully saturated rings. The highest BCUT2D eigenvalue weighted by Crippen LogP contribution is 2.30. The standard InChI is InChI=1S/C10H10ClFN2O2/c1-16-9-4-13-7-3-6(12)5(11)2-8(7)14-10(9)15/h2-3,9,13H,4H2,1H3,(H,14,15). The molecule has 1 aromatic rings. The Morgan fingerprint density at radius 1 is 1.50 bits per heavy atom. The number of carbonyl (C=O) groups is 1. The van der Waals surface area contributed by atoms with Gasteiger partial charge in [0.2, 0.25) is 0 Å². The van der Waals surface area contributed by atoms with Gasteiger partial charge in [0.15, 0.2) is 6.10 Å². The van der Waals surface area contributed by atoms with Gasteiger partial charge in [0.05, 0.1) is 22.9 Å². The van der Waals surface area contributed by atoms with Gasteiger partial charge in [-0.15, -0.1) is 0 Å². The molecule has 1 aliphatic heterocycles. The van der Waals surface area contributed by atoms with Crippen molar-refractivity contribution in [3.05, 3.63) is 23.0 Å². The van der Waals surface area contributed by atoms with Crippen molar-refractivity contribution in [2.45, 2.75) is 6.10 Å². The van der Waals surface area contributed by atoms with Crippen molar-refractivity contribution in [3.63, 3.8) is 0 Å². The molecule has 1 aromatic carbocycles. The lowest BCUT2D eigenvalue weighted by molar-refractivity contribution is -0.124. The average molecular weight is 245 g/mol. The van der Waals surface area contributed by atoms with Gasteiger partial charge >= 0.3 is 0 Å². The fourth-order valence-corrected chi connectivity index (χ4v) is 1.66. The van der Waals surface area contributed by atoms with Crippen LogP contribution in [0.15, 0.2) is 12.1 Å². The zero-order valence-electron chi connectivity index (χ0n) is 8.51. The van der Waals surface area contributed by atoms with E-state index in [1.807, 2.05) is 0 Å². The minimum Gasteiger partial charge on any atom is -0.380 e. The van der Waals surface area contributed by atoms with E-state index in [1.165, 1.54) is 19.2 Å². The minimum absolute atomic E-state index is 0.0308. The third-order valence-electron chi connectivity index (χ3n) is 2.37. The number of anilines is 2. The topological polar surface area (TPSA) is 50.4 Å². The highest BCUT2D eigenvalue weighted by atomic mass is 35.5. The van der Waals surface area contributed by atoms with E-state index in [9.17, 15) is 9.18 Å². The number of rotatable bonds is 1. The van der Waals surface area contributed by atoms with Crippen molar-refractivity contribution in [1.82, 2.24) is 0 Å². The molecule has 1 atom stereocenters. The molecule has 0 aliphatic carbocycles. The van der Waals surface area contributed by atoms with Crippen LogP contribution in [0.25, 0.3) is 0 Å². The Labute approximate surface area is 96.7 Å². The lowest BCUT2D eigenvalue weighted by Gasteiger charge is -2.09. The van der Waals surface area contributed by atoms with Gasteiger partial charge in [-0.05, 0) is 6.07 Å². The van der Waals surface area contributed by atoms with Crippen molar-refractivity contribution >= 4 is 28.9 Å². The van der Waals surface area contributed by atoms with Crippen LogP contribution in [0.1, 0.15) is 0 Å². The molecule has 0 saturated carbocycles. The fourth-order valence-electron chi connectivity index (χ4n) is 1.50. The van der Waals surface area contributed by atoms with Crippen molar-refractivity contribution < 1.29 is 13.9 Å². The zero-order valence-corrected chi connectivity index (χ0v) is 9.27. The Hall–Kier alpha value is -1.33. The van der Waals surface area contributed by atoms with E-state index in [0.717, 1.165) is 0 Å². The van der Waals surface area contributed by atoms with Crippen LogP contribution in [0, 0.1) is 5.82 Å². The number of fused-ring (bicyclic) bond motifs is 1. The molecule has 6 heteroatoms. The van der Waals surface area contributed by atoms with Crippen LogP contribution in [-0.2, 0) is 9.53 Å². The van der Waals surface area contributed by atoms with E-state index in [-0.39, 0.29) is 17.5 Å². The first-order valence-corrected chi connectivity index (χ1v) is 5.06. The number of carbonyl (C=O) groups excluding carboxylic acids is 1. The number of halogens is 2. The molecule has 1 amide bonds. The van der Waals surface area contributed by atoms with Crippen LogP contribution < -0.4 is 10.6 Å². The fraction of sp³-hybridized carbons (Fsp3) is 0.300. The summed E-state index contributed by atoms with van der Waals surface area (Å²) in [6, 6.07) is 2.62. The van der Waals surface area contributed by atoms with Crippen LogP contribution in [0.5, 0.6) is 0 Å². The van der Waals surface area contributed by atoms with Crippen molar-refractivity contribution in [3.8, 4) is 0 Å². The molecular weight excluding hydrogens is 235 g/mol. The third-order valence-corrected chi connectivity index (χ3v) is 2.66. The number of nitrogens with one attached hydrogen (secondary N) is 2. The van der Waals surface area contributed by atoms with Crippen LogP contribution in [0.4, 0.5) is 15.8 Å². The van der Waals surface area contributed by atoms with Gasteiger partial charge < -0.3 is 15.4 Å². The maximum absolute atomic E-state index is 13.2. The van der Waals surface area contributed by atoms with Gasteiger partial charge in [-0.25, -0.2) is 4.39 Å². The second-order valence-electron chi connectivity index (χ2n) is 3.41. The summed E-state index contributed by atoms with van der Waals surface area (Å²) in [7, 11) is 1.44. The summed E-state index contributed by atoms with van der Waals surface area (Å²) in [5.41, 5.74) is 0.950. The maximum Gasteiger partial charge on any atom is 0.255 e. The Morgan fingerprint density at radius 2 is 2.25 bits per heavy atom. The highest BCUT2D eigenvalue weighted by Gasteiger charge is 2.23. The summed E-state index contributed by atoms with van der Waals surface area (Å²) >= 11 is 5.63. The molecule has 0 bridgehead atoms. The smallest absolute Gasteiger partial charge is 0.255 e. The zero-order chi connectivity index (χ0) is 11.7. The summed E-state index contributed by atoms with van der Waals surface area (Å²) in [5.74, 6) is -0.811. The molecule has 1 aliphatic rings. The predicted octanol–water partition coefficient (Wildman–Crippen LogP) is 1.86. The highest BCUT2D eigenvalue weighted by molar-refractivity contribution is 6.31. The lowest BCUT2D eigenvalue weighted by atomic mass is 10.2. The molecule has 2 rings (SSSR count). The number of ether oxygens (including phenoxy) is 1. The average Bonchev–Trinajstić information content (AvgIpc) is 2.38. The normalized spacial score (nSPS) is 19.4. The van der Waals surface area contributed by atoms with Gasteiger partial charge in [0, 0.05) is 13.2 Å². The molecule has 4 nitrogen and oxygen atoms in total. The Kier molecular flexibility index (Phi) is 2.98. The Bertz CT molecular complexity index is 439. The van der Waals surface area contributed by atoms with Gasteiger partial charge in [-0.2, -0.15) is 0 Å². The van der Waals surface area contributed by atoms with Crippen molar-refractivity contribution in [1.29, 1.82) is 0 Å². The van der Waals surface area contributed by atoms with E-state index in [1.54, 1.807) is 0 Å². The van der Waals surface area contributed by atoms with Crippen LogP contribution in [-0.4, -0.2) is 25.7 Å². The lowest BCUT2D eigenvalue weighted by Crippen LogP contribution is -2.32. The first-order chi connectivity index (χ1) is 7.61. The number of amides is 1. The van der Waals surface area contributed by atoms with Crippen LogP contribution in [0.2, 0.25) is 5.02 Å². The van der Waals surface area contributed by atoms with Gasteiger partial charge in [0.1, 0.15) is 5.82 Å². The largest absolute Gasteiger partial charge is 0.380 e. The molecule has 0 spiro atoms. The number of hydrogen-bond donors (Lipinski definition) is 2. The summed E-state index contributed by atoms with van der Waals surface area (Å²) in [5, 5.41) is 5.50. The second kappa shape index (κ2) is 4.27. The van der Waals surface area contributed by atoms with Crippen LogP contribution in [0.3, 0.4) is 0 Å². The molecule has 86 valence electrons. The first kappa shape index (κ1) is 11.2. The summed E-state index contributed by atoms with van der Waals surface area (Å²) in [6.45, 7) is 0.288. The minimum atomic E-state index is -0.603. The molecule has 1 heterocycles. The molecule has 0 radical (unpaired) electrons. The van der Waals surface area contributed by atoms with E-state index in [4.69, 9.17) is 16.3 Å². The van der Waals surface area contributed by atoms with Gasteiger partial charge in [-0.3, -0.25) is 4.79 Å². The van der Waals surface area contributed by atoms with E-state index >= 15 is 0 Å². The van der Waals surface area contributed by atoms with Crippen molar-refractivity contribution in [2.75, 3.05) is 24.3 Å². The molecule has 16 heavy (non-hydrogen) atoms. The first-order valence-electron chi connectivity index (χ1n) is 4.68. The monoisotopic (exact) mass is 244 g/mol. The quantitative estimate of drug-likeness (QED) is 0.793. The predicted molar refractivity (Wildman–Crippen MR) is 59.3 cm³/mol. The number of methoxy groups -OCH3 is 1. The SMILES string of the molecule is COC1CNc2cc(F)c(Cl)cc2NC1=O. The number of benzene rings is 1. The Morgan fingerprint density at radius 3 is 2.94 bits per heavy atom. The summed E-state index contributed by atoms with van der Waals surface area (Å²) in [4.78, 5) is 11.6. The van der Waals surface area contributed by atoms with Crippen molar-refractivity contribution in [2.24, 2.45) is 0 Å². The third kappa shape index (κ3) is 1.96. The molecule has 0 aromatic heterocycles. The van der Waals surface area contributed by atoms with Gasteiger partial charge in [0.25, 0.3) is 5.91 Å². The van der Waals surface area contributed by atoms with E-state index in [0.29, 0.717) is 11.4 Å². The maximum atomic E-state index is 13.2. The Balaban J connectivity index is 2.37. The molecular formula is C10H10ClFN2O2. The summed E-state index contributed by atoms with van der Waals surface area (Å²) < 4.78 is 18.2. The molecule has 2 N–H and O–H groups in total. The molecule has 0 saturated heterocycles. The summed E-state index contributed by atoms with van der Waals surface area (Å²) in [6.07, 6.45) is -0.603. The van der Waals surface area contributed by atoms with Gasteiger partial charge in [-0.1, -0.05) is 11.6 Å². The van der Waals surface area contributed by atoms with E-state index < -0.39 is 11.9 Å². The molecule has 1 unspecified atom stereocenters. The van der Waals surface area contributed by atoms with E-state index in [2.05, 4.69) is 10.6 Å². The second-order valence-corrected chi connectivity index (χ2v) is 3.81. The number of hydrogen-bond acceptors (Lipinski definition) is 3.